The van der Waals surface area contributed by atoms with Crippen molar-refractivity contribution in [3.8, 4) is 0 Å². The summed E-state index contributed by atoms with van der Waals surface area (Å²) in [7, 11) is 0. The van der Waals surface area contributed by atoms with Crippen LogP contribution in [-0.4, -0.2) is 4.98 Å². The van der Waals surface area contributed by atoms with Crippen LogP contribution >= 0.6 is 15.9 Å². The van der Waals surface area contributed by atoms with Crippen molar-refractivity contribution in [3.05, 3.63) is 75.4 Å². The van der Waals surface area contributed by atoms with Gasteiger partial charge in [-0.25, -0.2) is 0 Å². The molecule has 0 aliphatic rings. The molecule has 1 unspecified atom stereocenters. The van der Waals surface area contributed by atoms with Gasteiger partial charge in [0, 0.05) is 15.6 Å². The highest BCUT2D eigenvalue weighted by molar-refractivity contribution is 9.10. The molecular formula is C18H17BrN2. The zero-order valence-electron chi connectivity index (χ0n) is 12.1. The van der Waals surface area contributed by atoms with Gasteiger partial charge in [0.1, 0.15) is 0 Å². The number of rotatable bonds is 2. The van der Waals surface area contributed by atoms with Crippen molar-refractivity contribution in [1.82, 2.24) is 4.98 Å². The molecule has 0 saturated carbocycles. The van der Waals surface area contributed by atoms with E-state index in [1.807, 2.05) is 19.1 Å². The molecule has 2 aromatic carbocycles. The van der Waals surface area contributed by atoms with Crippen LogP contribution in [0.5, 0.6) is 0 Å². The van der Waals surface area contributed by atoms with Crippen LogP contribution in [0.25, 0.3) is 10.9 Å². The number of pyridine rings is 1. The van der Waals surface area contributed by atoms with E-state index >= 15 is 0 Å². The summed E-state index contributed by atoms with van der Waals surface area (Å²) < 4.78 is 1.04. The van der Waals surface area contributed by atoms with E-state index in [1.54, 1.807) is 0 Å². The monoisotopic (exact) mass is 340 g/mol. The van der Waals surface area contributed by atoms with Crippen LogP contribution in [-0.2, 0) is 0 Å². The van der Waals surface area contributed by atoms with Crippen LogP contribution in [0.3, 0.4) is 0 Å². The molecule has 3 aromatic rings. The van der Waals surface area contributed by atoms with E-state index in [2.05, 4.69) is 64.2 Å². The molecule has 0 bridgehead atoms. The van der Waals surface area contributed by atoms with E-state index in [-0.39, 0.29) is 6.04 Å². The first-order valence-electron chi connectivity index (χ1n) is 6.93. The van der Waals surface area contributed by atoms with Crippen LogP contribution in [0.2, 0.25) is 0 Å². The van der Waals surface area contributed by atoms with Gasteiger partial charge in [0.25, 0.3) is 0 Å². The summed E-state index contributed by atoms with van der Waals surface area (Å²) in [4.78, 5) is 4.53. The maximum absolute atomic E-state index is 6.46. The molecule has 106 valence electrons. The maximum atomic E-state index is 6.46. The standard InChI is InChI=1S/C18H17BrN2/c1-11-3-7-16(19)15(9-11)18(20)14-6-8-17-13(10-14)5-4-12(2)21-17/h3-10,18H,20H2,1-2H3. The third-order valence-corrected chi connectivity index (χ3v) is 4.42. The van der Waals surface area contributed by atoms with Crippen LogP contribution in [0.4, 0.5) is 0 Å². The number of aromatic nitrogens is 1. The van der Waals surface area contributed by atoms with Crippen molar-refractivity contribution in [3.63, 3.8) is 0 Å². The lowest BCUT2D eigenvalue weighted by atomic mass is 9.97. The fraction of sp³-hybridized carbons (Fsp3) is 0.167. The maximum Gasteiger partial charge on any atom is 0.0705 e. The van der Waals surface area contributed by atoms with Gasteiger partial charge in [-0.3, -0.25) is 4.98 Å². The SMILES string of the molecule is Cc1ccc(Br)c(C(N)c2ccc3nc(C)ccc3c2)c1. The van der Waals surface area contributed by atoms with E-state index in [1.165, 1.54) is 5.56 Å². The Hall–Kier alpha value is -1.71. The van der Waals surface area contributed by atoms with Gasteiger partial charge in [0.15, 0.2) is 0 Å². The van der Waals surface area contributed by atoms with Gasteiger partial charge in [-0.2, -0.15) is 0 Å². The Balaban J connectivity index is 2.07. The van der Waals surface area contributed by atoms with Crippen LogP contribution < -0.4 is 5.73 Å². The second-order valence-corrected chi connectivity index (χ2v) is 6.26. The number of hydrogen-bond donors (Lipinski definition) is 1. The predicted octanol–water partition coefficient (Wildman–Crippen LogP) is 4.66. The normalized spacial score (nSPS) is 12.6. The van der Waals surface area contributed by atoms with Crippen molar-refractivity contribution in [2.45, 2.75) is 19.9 Å². The Morgan fingerprint density at radius 3 is 2.62 bits per heavy atom. The Kier molecular flexibility index (Phi) is 3.79. The highest BCUT2D eigenvalue weighted by Crippen LogP contribution is 2.29. The second-order valence-electron chi connectivity index (χ2n) is 5.41. The summed E-state index contributed by atoms with van der Waals surface area (Å²) in [5.41, 5.74) is 11.9. The molecule has 0 radical (unpaired) electrons. The number of aryl methyl sites for hydroxylation is 2. The van der Waals surface area contributed by atoms with Gasteiger partial charge >= 0.3 is 0 Å². The summed E-state index contributed by atoms with van der Waals surface area (Å²) in [6.07, 6.45) is 0. The van der Waals surface area contributed by atoms with Crippen molar-refractivity contribution in [2.24, 2.45) is 5.73 Å². The molecule has 3 rings (SSSR count). The highest BCUT2D eigenvalue weighted by Gasteiger charge is 2.13. The molecule has 2 nitrogen and oxygen atoms in total. The summed E-state index contributed by atoms with van der Waals surface area (Å²) in [5.74, 6) is 0. The molecule has 2 N–H and O–H groups in total. The van der Waals surface area contributed by atoms with E-state index in [4.69, 9.17) is 5.73 Å². The Labute approximate surface area is 133 Å². The molecule has 0 aliphatic heterocycles. The van der Waals surface area contributed by atoms with E-state index in [0.717, 1.165) is 32.2 Å². The fourth-order valence-corrected chi connectivity index (χ4v) is 3.01. The van der Waals surface area contributed by atoms with Crippen LogP contribution in [0, 0.1) is 13.8 Å². The summed E-state index contributed by atoms with van der Waals surface area (Å²) in [6, 6.07) is 16.5. The predicted molar refractivity (Wildman–Crippen MR) is 91.4 cm³/mol. The first-order valence-corrected chi connectivity index (χ1v) is 7.73. The molecule has 3 heteroatoms. The summed E-state index contributed by atoms with van der Waals surface area (Å²) in [5, 5.41) is 1.12. The molecule has 1 heterocycles. The molecule has 1 aromatic heterocycles. The van der Waals surface area contributed by atoms with Gasteiger partial charge in [-0.1, -0.05) is 45.8 Å². The van der Waals surface area contributed by atoms with Crippen LogP contribution in [0.1, 0.15) is 28.4 Å². The molecule has 0 spiro atoms. The first kappa shape index (κ1) is 14.2. The number of fused-ring (bicyclic) bond motifs is 1. The molecule has 1 atom stereocenters. The van der Waals surface area contributed by atoms with Gasteiger partial charge in [0.05, 0.1) is 11.6 Å². The van der Waals surface area contributed by atoms with Crippen LogP contribution in [0.15, 0.2) is 53.0 Å². The minimum Gasteiger partial charge on any atom is -0.320 e. The Morgan fingerprint density at radius 2 is 1.81 bits per heavy atom. The fourth-order valence-electron chi connectivity index (χ4n) is 2.52. The van der Waals surface area contributed by atoms with Gasteiger partial charge < -0.3 is 5.73 Å². The van der Waals surface area contributed by atoms with Gasteiger partial charge in [-0.15, -0.1) is 0 Å². The second kappa shape index (κ2) is 5.58. The molecular weight excluding hydrogens is 324 g/mol. The largest absolute Gasteiger partial charge is 0.320 e. The number of hydrogen-bond acceptors (Lipinski definition) is 2. The average Bonchev–Trinajstić information content (AvgIpc) is 2.48. The zero-order valence-corrected chi connectivity index (χ0v) is 13.7. The molecule has 0 amide bonds. The number of benzene rings is 2. The van der Waals surface area contributed by atoms with E-state index < -0.39 is 0 Å². The minimum atomic E-state index is -0.148. The first-order chi connectivity index (χ1) is 10.0. The highest BCUT2D eigenvalue weighted by atomic mass is 79.9. The van der Waals surface area contributed by atoms with Crippen molar-refractivity contribution in [1.29, 1.82) is 0 Å². The number of nitrogens with zero attached hydrogens (tertiary/aromatic N) is 1. The molecule has 0 aliphatic carbocycles. The Morgan fingerprint density at radius 1 is 1.00 bits per heavy atom. The van der Waals surface area contributed by atoms with Gasteiger partial charge in [0.2, 0.25) is 0 Å². The average molecular weight is 341 g/mol. The topological polar surface area (TPSA) is 38.9 Å². The molecule has 0 saturated heterocycles. The Bertz CT molecular complexity index is 811. The van der Waals surface area contributed by atoms with Crippen molar-refractivity contribution >= 4 is 26.8 Å². The van der Waals surface area contributed by atoms with E-state index in [0.29, 0.717) is 0 Å². The molecule has 21 heavy (non-hydrogen) atoms. The number of nitrogens with two attached hydrogens (primary N) is 1. The summed E-state index contributed by atoms with van der Waals surface area (Å²) in [6.45, 7) is 4.08. The molecule has 0 fully saturated rings. The van der Waals surface area contributed by atoms with E-state index in [9.17, 15) is 0 Å². The van der Waals surface area contributed by atoms with Crippen molar-refractivity contribution < 1.29 is 0 Å². The lowest BCUT2D eigenvalue weighted by Gasteiger charge is -2.16. The van der Waals surface area contributed by atoms with Crippen molar-refractivity contribution in [2.75, 3.05) is 0 Å². The minimum absolute atomic E-state index is 0.148. The quantitative estimate of drug-likeness (QED) is 0.736. The third-order valence-electron chi connectivity index (χ3n) is 3.70. The zero-order chi connectivity index (χ0) is 15.0. The lowest BCUT2D eigenvalue weighted by Crippen LogP contribution is -2.12. The smallest absolute Gasteiger partial charge is 0.0705 e. The third kappa shape index (κ3) is 2.85. The lowest BCUT2D eigenvalue weighted by molar-refractivity contribution is 0.865. The number of halogens is 1. The van der Waals surface area contributed by atoms with Gasteiger partial charge in [-0.05, 0) is 49.2 Å². The summed E-state index contributed by atoms with van der Waals surface area (Å²) >= 11 is 3.60.